The molecule has 0 aliphatic rings. The summed E-state index contributed by atoms with van der Waals surface area (Å²) >= 11 is 0. The SMILES string of the molecule is O=C(CO)CNC(=O)[C@H](Cc1ccccc1)NC(=O)OCc1ccccc1. The molecule has 2 aromatic rings. The summed E-state index contributed by atoms with van der Waals surface area (Å²) in [5.41, 5.74) is 1.67. The molecular formula is C20H22N2O5. The van der Waals surface area contributed by atoms with E-state index in [0.717, 1.165) is 11.1 Å². The predicted molar refractivity (Wildman–Crippen MR) is 98.8 cm³/mol. The van der Waals surface area contributed by atoms with Crippen LogP contribution in [0, 0.1) is 0 Å². The maximum atomic E-state index is 12.4. The summed E-state index contributed by atoms with van der Waals surface area (Å²) in [4.78, 5) is 35.7. The highest BCUT2D eigenvalue weighted by Crippen LogP contribution is 2.05. The van der Waals surface area contributed by atoms with Crippen LogP contribution in [0.15, 0.2) is 60.7 Å². The monoisotopic (exact) mass is 370 g/mol. The Hall–Kier alpha value is -3.19. The second kappa shape index (κ2) is 10.7. The molecule has 2 rings (SSSR count). The molecule has 0 spiro atoms. The number of benzene rings is 2. The third-order valence-corrected chi connectivity index (χ3v) is 3.74. The average Bonchev–Trinajstić information content (AvgIpc) is 2.71. The molecule has 0 saturated heterocycles. The number of Topliss-reactive ketones (excluding diaryl/α,β-unsaturated/α-hetero) is 1. The lowest BCUT2D eigenvalue weighted by Gasteiger charge is -2.18. The predicted octanol–water partition coefficient (Wildman–Crippen LogP) is 1.20. The van der Waals surface area contributed by atoms with Crippen molar-refractivity contribution >= 4 is 17.8 Å². The van der Waals surface area contributed by atoms with Gasteiger partial charge in [0.2, 0.25) is 5.91 Å². The fourth-order valence-corrected chi connectivity index (χ4v) is 2.33. The van der Waals surface area contributed by atoms with Crippen molar-refractivity contribution in [3.63, 3.8) is 0 Å². The number of carbonyl (C=O) groups is 3. The van der Waals surface area contributed by atoms with E-state index in [1.54, 1.807) is 0 Å². The first-order valence-electron chi connectivity index (χ1n) is 8.50. The van der Waals surface area contributed by atoms with Crippen LogP contribution in [0.2, 0.25) is 0 Å². The van der Waals surface area contributed by atoms with Gasteiger partial charge in [-0.05, 0) is 11.1 Å². The van der Waals surface area contributed by atoms with Crippen LogP contribution >= 0.6 is 0 Å². The number of hydrogen-bond acceptors (Lipinski definition) is 5. The summed E-state index contributed by atoms with van der Waals surface area (Å²) in [6, 6.07) is 17.4. The first-order chi connectivity index (χ1) is 13.1. The van der Waals surface area contributed by atoms with Gasteiger partial charge in [-0.1, -0.05) is 60.7 Å². The topological polar surface area (TPSA) is 105 Å². The zero-order chi connectivity index (χ0) is 19.5. The number of aliphatic hydroxyl groups excluding tert-OH is 1. The van der Waals surface area contributed by atoms with E-state index in [1.165, 1.54) is 0 Å². The van der Waals surface area contributed by atoms with Crippen LogP contribution in [0.4, 0.5) is 4.79 Å². The minimum Gasteiger partial charge on any atom is -0.445 e. The van der Waals surface area contributed by atoms with Gasteiger partial charge in [-0.2, -0.15) is 0 Å². The second-order valence-electron chi connectivity index (χ2n) is 5.86. The van der Waals surface area contributed by atoms with Gasteiger partial charge in [-0.25, -0.2) is 4.79 Å². The smallest absolute Gasteiger partial charge is 0.408 e. The molecule has 7 nitrogen and oxygen atoms in total. The van der Waals surface area contributed by atoms with E-state index < -0.39 is 30.4 Å². The zero-order valence-electron chi connectivity index (χ0n) is 14.8. The van der Waals surface area contributed by atoms with Gasteiger partial charge in [0.25, 0.3) is 0 Å². The van der Waals surface area contributed by atoms with Crippen LogP contribution in [0.5, 0.6) is 0 Å². The highest BCUT2D eigenvalue weighted by molar-refractivity contribution is 5.90. The van der Waals surface area contributed by atoms with Gasteiger partial charge in [0, 0.05) is 6.42 Å². The Morgan fingerprint density at radius 3 is 2.11 bits per heavy atom. The second-order valence-corrected chi connectivity index (χ2v) is 5.86. The standard InChI is InChI=1S/C20H22N2O5/c23-13-17(24)12-21-19(25)18(11-15-7-3-1-4-8-15)22-20(26)27-14-16-9-5-2-6-10-16/h1-10,18,23H,11-14H2,(H,21,25)(H,22,26)/t18-/m0/s1. The number of nitrogens with one attached hydrogen (secondary N) is 2. The molecule has 0 aliphatic heterocycles. The van der Waals surface area contributed by atoms with Crippen LogP contribution in [0.3, 0.4) is 0 Å². The molecule has 1 atom stereocenters. The molecule has 3 N–H and O–H groups in total. The van der Waals surface area contributed by atoms with E-state index in [2.05, 4.69) is 10.6 Å². The molecule has 0 saturated carbocycles. The summed E-state index contributed by atoms with van der Waals surface area (Å²) in [5.74, 6) is -1.05. The summed E-state index contributed by atoms with van der Waals surface area (Å²) in [7, 11) is 0. The molecule has 0 aliphatic carbocycles. The number of alkyl carbamates (subject to hydrolysis) is 1. The lowest BCUT2D eigenvalue weighted by atomic mass is 10.1. The van der Waals surface area contributed by atoms with E-state index in [4.69, 9.17) is 9.84 Å². The van der Waals surface area contributed by atoms with Crippen LogP contribution in [-0.4, -0.2) is 42.1 Å². The maximum Gasteiger partial charge on any atom is 0.408 e. The van der Waals surface area contributed by atoms with Crippen molar-refractivity contribution in [3.05, 3.63) is 71.8 Å². The number of ether oxygens (including phenoxy) is 1. The van der Waals surface area contributed by atoms with Crippen molar-refractivity contribution < 1.29 is 24.2 Å². The molecular weight excluding hydrogens is 348 g/mol. The minimum atomic E-state index is -0.915. The van der Waals surface area contributed by atoms with Crippen LogP contribution in [-0.2, 0) is 27.4 Å². The summed E-state index contributed by atoms with van der Waals surface area (Å²) < 4.78 is 5.16. The Kier molecular flexibility index (Phi) is 7.99. The van der Waals surface area contributed by atoms with E-state index >= 15 is 0 Å². The van der Waals surface area contributed by atoms with Gasteiger partial charge in [-0.3, -0.25) is 9.59 Å². The van der Waals surface area contributed by atoms with E-state index in [9.17, 15) is 14.4 Å². The Balaban J connectivity index is 1.96. The summed E-state index contributed by atoms with van der Waals surface area (Å²) in [6.07, 6.45) is -0.496. The molecule has 0 fully saturated rings. The van der Waals surface area contributed by atoms with Gasteiger partial charge >= 0.3 is 6.09 Å². The van der Waals surface area contributed by atoms with Crippen molar-refractivity contribution in [2.24, 2.45) is 0 Å². The summed E-state index contributed by atoms with van der Waals surface area (Å²) in [6.45, 7) is -0.882. The number of rotatable bonds is 9. The Morgan fingerprint density at radius 2 is 1.52 bits per heavy atom. The number of amides is 2. The third kappa shape index (κ3) is 7.29. The van der Waals surface area contributed by atoms with Crippen LogP contribution in [0.25, 0.3) is 0 Å². The minimum absolute atomic E-state index is 0.0787. The van der Waals surface area contributed by atoms with Crippen LogP contribution in [0.1, 0.15) is 11.1 Å². The van der Waals surface area contributed by atoms with Crippen molar-refractivity contribution in [1.82, 2.24) is 10.6 Å². The highest BCUT2D eigenvalue weighted by Gasteiger charge is 2.22. The van der Waals surface area contributed by atoms with Gasteiger partial charge < -0.3 is 20.5 Å². The first-order valence-corrected chi connectivity index (χ1v) is 8.50. The molecule has 0 aromatic heterocycles. The molecule has 7 heteroatoms. The molecule has 2 aromatic carbocycles. The fourth-order valence-electron chi connectivity index (χ4n) is 2.33. The van der Waals surface area contributed by atoms with E-state index in [0.29, 0.717) is 0 Å². The molecule has 0 radical (unpaired) electrons. The van der Waals surface area contributed by atoms with Crippen molar-refractivity contribution in [1.29, 1.82) is 0 Å². The number of hydrogen-bond donors (Lipinski definition) is 3. The first kappa shape index (κ1) is 20.1. The summed E-state index contributed by atoms with van der Waals surface area (Å²) in [5, 5.41) is 13.7. The van der Waals surface area contributed by atoms with E-state index in [1.807, 2.05) is 60.7 Å². The van der Waals surface area contributed by atoms with Crippen molar-refractivity contribution in [3.8, 4) is 0 Å². The normalized spacial score (nSPS) is 11.3. The Morgan fingerprint density at radius 1 is 0.926 bits per heavy atom. The van der Waals surface area contributed by atoms with Gasteiger partial charge in [0.1, 0.15) is 19.3 Å². The number of carbonyl (C=O) groups excluding carboxylic acids is 3. The Labute approximate surface area is 157 Å². The quantitative estimate of drug-likeness (QED) is 0.615. The average molecular weight is 370 g/mol. The molecule has 0 unspecified atom stereocenters. The molecule has 142 valence electrons. The molecule has 0 bridgehead atoms. The highest BCUT2D eigenvalue weighted by atomic mass is 16.5. The van der Waals surface area contributed by atoms with Gasteiger partial charge in [-0.15, -0.1) is 0 Å². The van der Waals surface area contributed by atoms with Crippen molar-refractivity contribution in [2.45, 2.75) is 19.1 Å². The number of aliphatic hydroxyl groups is 1. The van der Waals surface area contributed by atoms with Gasteiger partial charge in [0.15, 0.2) is 5.78 Å². The van der Waals surface area contributed by atoms with E-state index in [-0.39, 0.29) is 19.6 Å². The molecule has 27 heavy (non-hydrogen) atoms. The largest absolute Gasteiger partial charge is 0.445 e. The van der Waals surface area contributed by atoms with Crippen LogP contribution < -0.4 is 10.6 Å². The molecule has 2 amide bonds. The third-order valence-electron chi connectivity index (χ3n) is 3.74. The lowest BCUT2D eigenvalue weighted by molar-refractivity contribution is -0.127. The molecule has 0 heterocycles. The zero-order valence-corrected chi connectivity index (χ0v) is 14.8. The van der Waals surface area contributed by atoms with Crippen molar-refractivity contribution in [2.75, 3.05) is 13.2 Å². The lowest BCUT2D eigenvalue weighted by Crippen LogP contribution is -2.49. The Bertz CT molecular complexity index is 749. The number of ketones is 1. The maximum absolute atomic E-state index is 12.4. The van der Waals surface area contributed by atoms with Gasteiger partial charge in [0.05, 0.1) is 6.54 Å². The fraction of sp³-hybridized carbons (Fsp3) is 0.250.